The number of halogens is 3. The summed E-state index contributed by atoms with van der Waals surface area (Å²) in [5.41, 5.74) is 4.23. The molecular weight excluding hydrogens is 738 g/mol. The van der Waals surface area contributed by atoms with E-state index in [1.165, 1.54) is 52.9 Å². The van der Waals surface area contributed by atoms with E-state index < -0.39 is 64.2 Å². The van der Waals surface area contributed by atoms with E-state index in [1.54, 1.807) is 24.3 Å². The Balaban J connectivity index is 1.11. The molecule has 3 saturated heterocycles. The zero-order valence-electron chi connectivity index (χ0n) is 30.3. The number of piperidine rings is 1. The summed E-state index contributed by atoms with van der Waals surface area (Å²) in [5, 5.41) is 11.6. The fourth-order valence-corrected chi connectivity index (χ4v) is 10.4. The summed E-state index contributed by atoms with van der Waals surface area (Å²) in [6, 6.07) is 25.7. The monoisotopic (exact) mass is 776 g/mol. The highest BCUT2D eigenvalue weighted by Gasteiger charge is 2.70. The lowest BCUT2D eigenvalue weighted by molar-refractivity contribution is -0.144. The minimum absolute atomic E-state index is 0.0707. The number of imide groups is 2. The molecule has 12 heteroatoms. The van der Waals surface area contributed by atoms with Crippen molar-refractivity contribution in [1.82, 2.24) is 14.8 Å². The Kier molecular flexibility index (Phi) is 9.04. The van der Waals surface area contributed by atoms with Crippen molar-refractivity contribution in [3.8, 4) is 5.75 Å². The van der Waals surface area contributed by atoms with Gasteiger partial charge in [-0.05, 0) is 96.8 Å². The molecule has 0 bridgehead atoms. The van der Waals surface area contributed by atoms with E-state index in [2.05, 4.69) is 22.5 Å². The highest BCUT2D eigenvalue weighted by molar-refractivity contribution is 6.30. The number of aromatic hydroxyl groups is 1. The number of allylic oxidation sites excluding steroid dienone is 2. The van der Waals surface area contributed by atoms with Gasteiger partial charge in [-0.3, -0.25) is 34.4 Å². The molecule has 0 aromatic heterocycles. The molecule has 4 aromatic carbocycles. The van der Waals surface area contributed by atoms with Crippen LogP contribution in [-0.2, 0) is 31.1 Å². The van der Waals surface area contributed by atoms with E-state index in [-0.39, 0.29) is 30.7 Å². The van der Waals surface area contributed by atoms with Crippen LogP contribution in [0.25, 0.3) is 0 Å². The molecule has 0 unspecified atom stereocenters. The fourth-order valence-electron chi connectivity index (χ4n) is 10.3. The average molecular weight is 777 g/mol. The molecule has 4 aromatic rings. The summed E-state index contributed by atoms with van der Waals surface area (Å²) < 4.78 is 29.3. The number of likely N-dealkylation sites (tertiary alicyclic amines) is 2. The largest absolute Gasteiger partial charge is 0.505 e. The minimum Gasteiger partial charge on any atom is -0.505 e. The molecule has 5 aliphatic rings. The lowest BCUT2D eigenvalue weighted by atomic mass is 9.49. The number of nitrogens with one attached hydrogen (secondary N) is 1. The summed E-state index contributed by atoms with van der Waals surface area (Å²) in [7, 11) is 0. The number of fused-ring (bicyclic) bond motifs is 4. The van der Waals surface area contributed by atoms with E-state index in [1.807, 2.05) is 24.3 Å². The van der Waals surface area contributed by atoms with Crippen LogP contribution in [0.1, 0.15) is 48.3 Å². The molecule has 3 heterocycles. The van der Waals surface area contributed by atoms with Crippen LogP contribution in [-0.4, -0.2) is 62.7 Å². The third kappa shape index (κ3) is 5.73. The zero-order chi connectivity index (χ0) is 38.9. The van der Waals surface area contributed by atoms with Gasteiger partial charge in [0.1, 0.15) is 5.82 Å². The van der Waals surface area contributed by atoms with Crippen molar-refractivity contribution in [1.29, 1.82) is 0 Å². The number of phenols is 1. The molecule has 56 heavy (non-hydrogen) atoms. The number of benzene rings is 4. The van der Waals surface area contributed by atoms with Crippen LogP contribution in [0.5, 0.6) is 5.75 Å². The quantitative estimate of drug-likeness (QED) is 0.154. The van der Waals surface area contributed by atoms with Gasteiger partial charge in [0.2, 0.25) is 11.8 Å². The molecule has 0 radical (unpaired) electrons. The number of hydrazine groups is 1. The number of nitrogens with zero attached hydrogens (tertiary/aromatic N) is 3. The summed E-state index contributed by atoms with van der Waals surface area (Å²) in [5.74, 6) is -7.73. The second-order valence-electron chi connectivity index (χ2n) is 15.6. The summed E-state index contributed by atoms with van der Waals surface area (Å²) >= 11 is 6.35. The van der Waals surface area contributed by atoms with Gasteiger partial charge in [-0.2, -0.15) is 5.01 Å². The molecular formula is C44H39ClF2N4O5. The fraction of sp³-hybridized carbons (Fsp3) is 0.318. The lowest BCUT2D eigenvalue weighted by Gasteiger charge is -2.50. The summed E-state index contributed by atoms with van der Waals surface area (Å²) in [6.07, 6.45) is 3.51. The van der Waals surface area contributed by atoms with Gasteiger partial charge >= 0.3 is 0 Å². The Morgan fingerprint density at radius 3 is 2.23 bits per heavy atom. The van der Waals surface area contributed by atoms with Crippen molar-refractivity contribution in [3.05, 3.63) is 142 Å². The number of hydrogen-bond donors (Lipinski definition) is 2. The van der Waals surface area contributed by atoms with Crippen molar-refractivity contribution >= 4 is 40.9 Å². The Labute approximate surface area is 327 Å². The van der Waals surface area contributed by atoms with E-state index in [9.17, 15) is 23.9 Å². The van der Waals surface area contributed by atoms with Gasteiger partial charge in [-0.1, -0.05) is 71.8 Å². The number of carbonyl (C=O) groups is 4. The molecule has 286 valence electrons. The van der Waals surface area contributed by atoms with E-state index >= 15 is 9.18 Å². The highest BCUT2D eigenvalue weighted by Crippen LogP contribution is 2.64. The predicted molar refractivity (Wildman–Crippen MR) is 204 cm³/mol. The lowest BCUT2D eigenvalue weighted by Crippen LogP contribution is -2.53. The molecule has 3 aliphatic heterocycles. The van der Waals surface area contributed by atoms with Crippen molar-refractivity contribution in [2.75, 3.05) is 18.5 Å². The number of phenolic OH excluding ortho intramolecular Hbond substituents is 1. The predicted octanol–water partition coefficient (Wildman–Crippen LogP) is 6.97. The maximum absolute atomic E-state index is 15.4. The molecule has 4 fully saturated rings. The maximum Gasteiger partial charge on any atom is 0.260 e. The minimum atomic E-state index is -1.65. The van der Waals surface area contributed by atoms with Crippen LogP contribution in [0, 0.1) is 35.3 Å². The van der Waals surface area contributed by atoms with Crippen molar-refractivity contribution in [2.24, 2.45) is 23.7 Å². The standard InChI is InChI=1S/C44H39ClF2N4O5/c45-28-9-7-27(8-10-28)44-35(41(54)51(43(44)56)48-30-13-11-29(46)12-14-30)23-34-32(39(44)26-6-17-37(52)36(47)22-26)15-16-33-38(34)42(55)50(40(33)53)31-18-20-49(21-19-31)24-25-4-2-1-3-5-25/h1-15,17,22,31,33-35,38-39,48,52H,16,18-21,23-24H2/t33-,34+,35-,38-,39-,44+/m0/s1. The smallest absolute Gasteiger partial charge is 0.260 e. The van der Waals surface area contributed by atoms with Crippen LogP contribution < -0.4 is 5.43 Å². The molecule has 1 saturated carbocycles. The Hall–Kier alpha value is -5.39. The van der Waals surface area contributed by atoms with E-state index in [0.29, 0.717) is 40.3 Å². The molecule has 6 atom stereocenters. The first-order valence-electron chi connectivity index (χ1n) is 19.0. The maximum atomic E-state index is 15.4. The SMILES string of the molecule is O=C1[C@@H]2C[C@@H]3C(=CC[C@@H]4C(=O)N(C5CCN(Cc6ccccc6)CC5)C(=O)[C@@H]43)[C@H](c3ccc(O)c(F)c3)[C@]2(c2ccc(Cl)cc2)C(=O)N1Nc1ccc(F)cc1. The Morgan fingerprint density at radius 1 is 0.821 bits per heavy atom. The van der Waals surface area contributed by atoms with Crippen LogP contribution in [0.15, 0.2) is 109 Å². The van der Waals surface area contributed by atoms with Gasteiger partial charge in [0.25, 0.3) is 11.8 Å². The van der Waals surface area contributed by atoms with Crippen LogP contribution in [0.2, 0.25) is 5.02 Å². The molecule has 4 amide bonds. The van der Waals surface area contributed by atoms with Gasteiger partial charge in [0, 0.05) is 36.6 Å². The number of hydrogen-bond acceptors (Lipinski definition) is 7. The molecule has 2 aliphatic carbocycles. The highest BCUT2D eigenvalue weighted by atomic mass is 35.5. The Morgan fingerprint density at radius 2 is 1.54 bits per heavy atom. The first-order chi connectivity index (χ1) is 27.1. The second-order valence-corrected chi connectivity index (χ2v) is 16.1. The van der Waals surface area contributed by atoms with Crippen LogP contribution >= 0.6 is 11.6 Å². The third-order valence-corrected chi connectivity index (χ3v) is 13.0. The summed E-state index contributed by atoms with van der Waals surface area (Å²) in [4.78, 5) is 62.8. The van der Waals surface area contributed by atoms with Gasteiger partial charge in [0.05, 0.1) is 28.9 Å². The first-order valence-corrected chi connectivity index (χ1v) is 19.4. The topological polar surface area (TPSA) is 110 Å². The van der Waals surface area contributed by atoms with E-state index in [4.69, 9.17) is 11.6 Å². The van der Waals surface area contributed by atoms with Gasteiger partial charge < -0.3 is 5.11 Å². The molecule has 9 rings (SSSR count). The molecule has 9 nitrogen and oxygen atoms in total. The van der Waals surface area contributed by atoms with Crippen LogP contribution in [0.3, 0.4) is 0 Å². The normalized spacial score (nSPS) is 27.9. The van der Waals surface area contributed by atoms with Gasteiger partial charge in [-0.15, -0.1) is 0 Å². The number of anilines is 1. The van der Waals surface area contributed by atoms with Crippen LogP contribution in [0.4, 0.5) is 14.5 Å². The first kappa shape index (κ1) is 36.3. The second kappa shape index (κ2) is 14.0. The van der Waals surface area contributed by atoms with Gasteiger partial charge in [0.15, 0.2) is 11.6 Å². The van der Waals surface area contributed by atoms with Crippen molar-refractivity contribution in [2.45, 2.75) is 49.6 Å². The van der Waals surface area contributed by atoms with Gasteiger partial charge in [-0.25, -0.2) is 8.78 Å². The molecule has 0 spiro atoms. The summed E-state index contributed by atoms with van der Waals surface area (Å²) in [6.45, 7) is 2.24. The number of amides is 4. The van der Waals surface area contributed by atoms with E-state index in [0.717, 1.165) is 24.6 Å². The number of rotatable bonds is 7. The Bertz CT molecular complexity index is 2260. The van der Waals surface area contributed by atoms with Crippen molar-refractivity contribution < 1.29 is 33.1 Å². The zero-order valence-corrected chi connectivity index (χ0v) is 31.0. The number of carbonyl (C=O) groups excluding carboxylic acids is 4. The van der Waals surface area contributed by atoms with Crippen molar-refractivity contribution in [3.63, 3.8) is 0 Å². The molecule has 2 N–H and O–H groups in total. The third-order valence-electron chi connectivity index (χ3n) is 12.8. The average Bonchev–Trinajstić information content (AvgIpc) is 3.58.